The van der Waals surface area contributed by atoms with Crippen LogP contribution in [0.2, 0.25) is 0 Å². The van der Waals surface area contributed by atoms with Crippen LogP contribution in [0.15, 0.2) is 11.6 Å². The van der Waals surface area contributed by atoms with Gasteiger partial charge in [0.1, 0.15) is 18.1 Å². The Balaban J connectivity index is 1.35. The highest BCUT2D eigenvalue weighted by atomic mass is 16.6. The summed E-state index contributed by atoms with van der Waals surface area (Å²) < 4.78 is 11.1. The summed E-state index contributed by atoms with van der Waals surface area (Å²) in [5.41, 5.74) is 1.71. The zero-order valence-corrected chi connectivity index (χ0v) is 24.9. The number of fused-ring (bicyclic) bond motifs is 5. The second kappa shape index (κ2) is 11.0. The summed E-state index contributed by atoms with van der Waals surface area (Å²) in [6.07, 6.45) is 17.4. The molecule has 4 aliphatic carbocycles. The van der Waals surface area contributed by atoms with Gasteiger partial charge in [-0.25, -0.2) is 0 Å². The third-order valence-electron chi connectivity index (χ3n) is 10.8. The third kappa shape index (κ3) is 6.30. The molecule has 0 aromatic rings. The molecule has 0 saturated heterocycles. The zero-order valence-electron chi connectivity index (χ0n) is 24.9. The molecule has 0 aliphatic heterocycles. The molecule has 4 rings (SSSR count). The van der Waals surface area contributed by atoms with Crippen molar-refractivity contribution in [2.24, 2.45) is 40.4 Å². The molecule has 0 radical (unpaired) electrons. The molecule has 1 unspecified atom stereocenters. The molecule has 37 heavy (non-hydrogen) atoms. The van der Waals surface area contributed by atoms with Crippen LogP contribution in [0, 0.1) is 40.4 Å². The molecule has 4 heteroatoms. The minimum Gasteiger partial charge on any atom is -0.462 e. The minimum atomic E-state index is -0.587. The molecule has 3 saturated carbocycles. The molecule has 0 bridgehead atoms. The van der Waals surface area contributed by atoms with Crippen LogP contribution in [0.25, 0.3) is 0 Å². The molecule has 3 fully saturated rings. The topological polar surface area (TPSA) is 52.6 Å². The molecular weight excluding hydrogens is 460 g/mol. The van der Waals surface area contributed by atoms with E-state index in [2.05, 4.69) is 33.8 Å². The van der Waals surface area contributed by atoms with Gasteiger partial charge >= 0.3 is 11.9 Å². The maximum Gasteiger partial charge on any atom is 0.317 e. The first-order valence-electron chi connectivity index (χ1n) is 15.4. The van der Waals surface area contributed by atoms with Crippen molar-refractivity contribution in [2.75, 3.05) is 0 Å². The second-order valence-electron chi connectivity index (χ2n) is 14.9. The van der Waals surface area contributed by atoms with E-state index in [9.17, 15) is 9.59 Å². The fourth-order valence-corrected chi connectivity index (χ4v) is 8.98. The van der Waals surface area contributed by atoms with E-state index in [1.54, 1.807) is 0 Å². The van der Waals surface area contributed by atoms with Crippen molar-refractivity contribution in [3.8, 4) is 0 Å². The van der Waals surface area contributed by atoms with Crippen molar-refractivity contribution in [3.05, 3.63) is 11.6 Å². The predicted molar refractivity (Wildman–Crippen MR) is 149 cm³/mol. The van der Waals surface area contributed by atoms with Crippen molar-refractivity contribution in [1.29, 1.82) is 0 Å². The Kier molecular flexibility index (Phi) is 8.56. The Bertz CT molecular complexity index is 866. The molecule has 7 atom stereocenters. The van der Waals surface area contributed by atoms with Crippen LogP contribution in [-0.2, 0) is 19.1 Å². The van der Waals surface area contributed by atoms with Crippen LogP contribution in [0.3, 0.4) is 0 Å². The molecule has 4 aliphatic rings. The molecular formula is C33H54O4. The van der Waals surface area contributed by atoms with Crippen LogP contribution >= 0.6 is 0 Å². The van der Waals surface area contributed by atoms with Crippen LogP contribution in [0.5, 0.6) is 0 Å². The summed E-state index contributed by atoms with van der Waals surface area (Å²) in [7, 11) is 0. The van der Waals surface area contributed by atoms with E-state index in [1.165, 1.54) is 63.4 Å². The monoisotopic (exact) mass is 514 g/mol. The highest BCUT2D eigenvalue weighted by Gasteiger charge is 2.58. The Labute approximate surface area is 226 Å². The molecule has 0 spiro atoms. The van der Waals surface area contributed by atoms with Gasteiger partial charge in [-0.05, 0) is 113 Å². The van der Waals surface area contributed by atoms with Crippen LogP contribution < -0.4 is 0 Å². The van der Waals surface area contributed by atoms with Gasteiger partial charge in [0, 0.05) is 6.42 Å². The molecule has 210 valence electrons. The zero-order chi connectivity index (χ0) is 27.0. The average molecular weight is 515 g/mol. The summed E-state index contributed by atoms with van der Waals surface area (Å²) in [5.74, 6) is 3.26. The van der Waals surface area contributed by atoms with Crippen molar-refractivity contribution in [1.82, 2.24) is 0 Å². The normalized spacial score (nSPS) is 37.3. The fraction of sp³-hybridized carbons (Fsp3) is 0.879. The molecule has 0 amide bonds. The lowest BCUT2D eigenvalue weighted by Crippen LogP contribution is -2.50. The van der Waals surface area contributed by atoms with E-state index in [0.29, 0.717) is 5.41 Å². The Morgan fingerprint density at radius 3 is 2.46 bits per heavy atom. The van der Waals surface area contributed by atoms with E-state index < -0.39 is 17.5 Å². The molecule has 0 N–H and O–H groups in total. The van der Waals surface area contributed by atoms with E-state index >= 15 is 0 Å². The smallest absolute Gasteiger partial charge is 0.317 e. The van der Waals surface area contributed by atoms with E-state index in [1.807, 2.05) is 20.8 Å². The standard InChI is InChI=1S/C33H54O4/c1-22(2)10-8-9-11-23-13-15-27-26-14-12-24-20-25(36-29(34)21-30(35)37-31(3,4)5)16-18-33(24,7)28(26)17-19-32(23,27)6/h12,22-23,25-28H,8-11,13-21H2,1-7H3/t23?,25-,26-,27-,28-,32+,33-/m0/s1. The van der Waals surface area contributed by atoms with Gasteiger partial charge in [-0.1, -0.05) is 58.6 Å². The summed E-state index contributed by atoms with van der Waals surface area (Å²) in [4.78, 5) is 24.5. The SMILES string of the molecule is CC(C)CCCCC1CC[C@H]2[C@@H]3CC=C4C[C@@H](OC(=O)CC(=O)OC(C)(C)C)CC[C@]4(C)[C@H]3CC[C@]12C. The van der Waals surface area contributed by atoms with Gasteiger partial charge in [-0.3, -0.25) is 9.59 Å². The fourth-order valence-electron chi connectivity index (χ4n) is 8.98. The van der Waals surface area contributed by atoms with E-state index in [0.717, 1.165) is 48.9 Å². The first kappa shape index (κ1) is 28.7. The number of carbonyl (C=O) groups is 2. The van der Waals surface area contributed by atoms with Gasteiger partial charge in [0.2, 0.25) is 0 Å². The highest BCUT2D eigenvalue weighted by Crippen LogP contribution is 2.66. The number of hydrogen-bond donors (Lipinski definition) is 0. The van der Waals surface area contributed by atoms with Gasteiger partial charge < -0.3 is 9.47 Å². The number of unbranched alkanes of at least 4 members (excludes halogenated alkanes) is 1. The van der Waals surface area contributed by atoms with Crippen LogP contribution in [0.4, 0.5) is 0 Å². The molecule has 0 heterocycles. The number of esters is 2. The lowest BCUT2D eigenvalue weighted by molar-refractivity contribution is -0.164. The van der Waals surface area contributed by atoms with Crippen molar-refractivity contribution >= 4 is 11.9 Å². The van der Waals surface area contributed by atoms with Gasteiger partial charge in [0.05, 0.1) is 0 Å². The number of rotatable bonds is 8. The summed E-state index contributed by atoms with van der Waals surface area (Å²) >= 11 is 0. The first-order chi connectivity index (χ1) is 17.3. The Morgan fingerprint density at radius 2 is 1.76 bits per heavy atom. The predicted octanol–water partition coefficient (Wildman–Crippen LogP) is 8.43. The van der Waals surface area contributed by atoms with Gasteiger partial charge in [0.25, 0.3) is 0 Å². The average Bonchev–Trinajstić information content (AvgIpc) is 3.11. The van der Waals surface area contributed by atoms with Gasteiger partial charge in [-0.2, -0.15) is 0 Å². The van der Waals surface area contributed by atoms with E-state index in [4.69, 9.17) is 9.47 Å². The highest BCUT2D eigenvalue weighted by molar-refractivity contribution is 5.91. The van der Waals surface area contributed by atoms with Gasteiger partial charge in [-0.15, -0.1) is 0 Å². The summed E-state index contributed by atoms with van der Waals surface area (Å²) in [6.45, 7) is 15.3. The summed E-state index contributed by atoms with van der Waals surface area (Å²) in [5, 5.41) is 0. The quantitative estimate of drug-likeness (QED) is 0.141. The van der Waals surface area contributed by atoms with Crippen molar-refractivity contribution in [3.63, 3.8) is 0 Å². The number of carbonyl (C=O) groups excluding carboxylic acids is 2. The Hall–Kier alpha value is -1.32. The van der Waals surface area contributed by atoms with Gasteiger partial charge in [0.15, 0.2) is 0 Å². The largest absolute Gasteiger partial charge is 0.462 e. The summed E-state index contributed by atoms with van der Waals surface area (Å²) in [6, 6.07) is 0. The first-order valence-corrected chi connectivity index (χ1v) is 15.4. The lowest BCUT2D eigenvalue weighted by atomic mass is 9.47. The maximum absolute atomic E-state index is 12.5. The van der Waals surface area contributed by atoms with E-state index in [-0.39, 0.29) is 17.9 Å². The van der Waals surface area contributed by atoms with Crippen molar-refractivity contribution < 1.29 is 19.1 Å². The van der Waals surface area contributed by atoms with Crippen LogP contribution in [0.1, 0.15) is 132 Å². The number of ether oxygens (including phenoxy) is 2. The van der Waals surface area contributed by atoms with Crippen molar-refractivity contribution in [2.45, 2.75) is 144 Å². The second-order valence-corrected chi connectivity index (χ2v) is 14.9. The third-order valence-corrected chi connectivity index (χ3v) is 10.8. The maximum atomic E-state index is 12.5. The number of allylic oxidation sites excluding steroid dienone is 1. The lowest BCUT2D eigenvalue weighted by Gasteiger charge is -2.58. The Morgan fingerprint density at radius 1 is 1.00 bits per heavy atom. The molecule has 0 aromatic heterocycles. The molecule has 4 nitrogen and oxygen atoms in total. The van der Waals surface area contributed by atoms with Crippen LogP contribution in [-0.4, -0.2) is 23.6 Å². The minimum absolute atomic E-state index is 0.110. The number of hydrogen-bond acceptors (Lipinski definition) is 4. The molecule has 0 aromatic carbocycles.